The number of rotatable bonds is 6. The van der Waals surface area contributed by atoms with Gasteiger partial charge in [0.2, 0.25) is 5.91 Å². The Morgan fingerprint density at radius 2 is 1.54 bits per heavy atom. The number of hydrogen-bond acceptors (Lipinski definition) is 7. The molecule has 2 amide bonds. The van der Waals surface area contributed by atoms with E-state index < -0.39 is 18.5 Å². The van der Waals surface area contributed by atoms with Crippen LogP contribution in [0.1, 0.15) is 34.4 Å². The quantitative estimate of drug-likeness (QED) is 0.411. The Labute approximate surface area is 201 Å². The van der Waals surface area contributed by atoms with Crippen LogP contribution in [0.3, 0.4) is 0 Å². The lowest BCUT2D eigenvalue weighted by molar-refractivity contribution is -0.119. The second kappa shape index (κ2) is 9.72. The number of anilines is 2. The van der Waals surface area contributed by atoms with E-state index in [9.17, 15) is 14.4 Å². The van der Waals surface area contributed by atoms with Gasteiger partial charge in [-0.15, -0.1) is 0 Å². The second-order valence-corrected chi connectivity index (χ2v) is 8.08. The lowest BCUT2D eigenvalue weighted by atomic mass is 10.0. The summed E-state index contributed by atoms with van der Waals surface area (Å²) >= 11 is 0. The second-order valence-electron chi connectivity index (χ2n) is 8.08. The molecule has 4 rings (SSSR count). The van der Waals surface area contributed by atoms with E-state index >= 15 is 0 Å². The van der Waals surface area contributed by atoms with Crippen molar-refractivity contribution < 1.29 is 19.1 Å². The standard InChI is InChI=1S/C25H24N6O4/c1-14-9-15(2)27-25(26-14)31-22(10-16(3)30-31)29-23(33)13-35-24(34)20-11-18-7-5-6-8-19(18)12-21(20)28-17(4)32/h5-12H,13H2,1-4H3,(H,28,32)(H,29,33). The molecule has 0 spiro atoms. The number of hydrogen-bond donors (Lipinski definition) is 2. The number of fused-ring (bicyclic) bond motifs is 1. The molecule has 2 heterocycles. The van der Waals surface area contributed by atoms with Gasteiger partial charge in [-0.3, -0.25) is 9.59 Å². The number of nitrogens with one attached hydrogen (secondary N) is 2. The lowest BCUT2D eigenvalue weighted by Gasteiger charge is -2.12. The van der Waals surface area contributed by atoms with E-state index in [1.807, 2.05) is 44.2 Å². The summed E-state index contributed by atoms with van der Waals surface area (Å²) < 4.78 is 6.68. The normalized spacial score (nSPS) is 10.7. The van der Waals surface area contributed by atoms with Crippen LogP contribution in [0, 0.1) is 20.8 Å². The Bertz CT molecular complexity index is 1440. The molecule has 0 radical (unpaired) electrons. The number of benzene rings is 2. The first-order valence-corrected chi connectivity index (χ1v) is 10.9. The average molecular weight is 473 g/mol. The maximum absolute atomic E-state index is 12.8. The summed E-state index contributed by atoms with van der Waals surface area (Å²) in [6.45, 7) is 6.27. The van der Waals surface area contributed by atoms with E-state index in [2.05, 4.69) is 25.7 Å². The summed E-state index contributed by atoms with van der Waals surface area (Å²) in [5, 5.41) is 11.3. The molecular formula is C25H24N6O4. The molecular weight excluding hydrogens is 448 g/mol. The maximum Gasteiger partial charge on any atom is 0.340 e. The molecule has 0 unspecified atom stereocenters. The van der Waals surface area contributed by atoms with E-state index in [-0.39, 0.29) is 11.5 Å². The zero-order valence-electron chi connectivity index (χ0n) is 19.7. The third-order valence-corrected chi connectivity index (χ3v) is 5.01. The van der Waals surface area contributed by atoms with Crippen molar-refractivity contribution in [1.29, 1.82) is 0 Å². The summed E-state index contributed by atoms with van der Waals surface area (Å²) in [7, 11) is 0. The van der Waals surface area contributed by atoms with Crippen LogP contribution in [0.5, 0.6) is 0 Å². The average Bonchev–Trinajstić information content (AvgIpc) is 3.15. The molecule has 2 aromatic carbocycles. The zero-order valence-corrected chi connectivity index (χ0v) is 19.7. The van der Waals surface area contributed by atoms with E-state index in [1.165, 1.54) is 11.6 Å². The van der Waals surface area contributed by atoms with Gasteiger partial charge < -0.3 is 15.4 Å². The van der Waals surface area contributed by atoms with Gasteiger partial charge in [0.1, 0.15) is 5.82 Å². The Kier molecular flexibility index (Phi) is 6.54. The van der Waals surface area contributed by atoms with E-state index in [0.29, 0.717) is 23.1 Å². The first kappa shape index (κ1) is 23.6. The van der Waals surface area contributed by atoms with Crippen LogP contribution in [-0.4, -0.2) is 44.1 Å². The highest BCUT2D eigenvalue weighted by Crippen LogP contribution is 2.25. The van der Waals surface area contributed by atoms with Gasteiger partial charge in [0.15, 0.2) is 6.61 Å². The molecule has 0 saturated carbocycles. The summed E-state index contributed by atoms with van der Waals surface area (Å²) in [5.74, 6) is -0.968. The molecule has 0 saturated heterocycles. The minimum absolute atomic E-state index is 0.149. The Hall–Kier alpha value is -4.60. The molecule has 10 nitrogen and oxygen atoms in total. The fourth-order valence-electron chi connectivity index (χ4n) is 3.63. The van der Waals surface area contributed by atoms with Crippen LogP contribution in [0.15, 0.2) is 48.5 Å². The Morgan fingerprint density at radius 3 is 2.20 bits per heavy atom. The molecule has 0 aliphatic heterocycles. The van der Waals surface area contributed by atoms with Gasteiger partial charge in [0.05, 0.1) is 16.9 Å². The largest absolute Gasteiger partial charge is 0.452 e. The van der Waals surface area contributed by atoms with Gasteiger partial charge in [-0.1, -0.05) is 24.3 Å². The molecule has 0 atom stereocenters. The van der Waals surface area contributed by atoms with Gasteiger partial charge >= 0.3 is 5.97 Å². The third kappa shape index (κ3) is 5.49. The molecule has 4 aromatic rings. The zero-order chi connectivity index (χ0) is 25.1. The van der Waals surface area contributed by atoms with Crippen molar-refractivity contribution in [3.63, 3.8) is 0 Å². The lowest BCUT2D eigenvalue weighted by Crippen LogP contribution is -2.23. The molecule has 10 heteroatoms. The molecule has 0 aliphatic rings. The van der Waals surface area contributed by atoms with Crippen molar-refractivity contribution in [3.05, 3.63) is 71.2 Å². The first-order chi connectivity index (χ1) is 16.7. The van der Waals surface area contributed by atoms with Gasteiger partial charge in [-0.25, -0.2) is 14.8 Å². The minimum atomic E-state index is -0.739. The van der Waals surface area contributed by atoms with Crippen molar-refractivity contribution in [2.45, 2.75) is 27.7 Å². The monoisotopic (exact) mass is 472 g/mol. The smallest absolute Gasteiger partial charge is 0.340 e. The predicted octanol–water partition coefficient (Wildman–Crippen LogP) is 3.49. The number of ether oxygens (including phenoxy) is 1. The molecule has 35 heavy (non-hydrogen) atoms. The summed E-state index contributed by atoms with van der Waals surface area (Å²) in [6, 6.07) is 14.2. The van der Waals surface area contributed by atoms with Gasteiger partial charge in [-0.05, 0) is 49.7 Å². The van der Waals surface area contributed by atoms with Crippen molar-refractivity contribution in [1.82, 2.24) is 19.7 Å². The van der Waals surface area contributed by atoms with E-state index in [4.69, 9.17) is 4.74 Å². The number of nitrogens with zero attached hydrogens (tertiary/aromatic N) is 4. The van der Waals surface area contributed by atoms with Crippen LogP contribution < -0.4 is 10.6 Å². The first-order valence-electron chi connectivity index (χ1n) is 10.9. The summed E-state index contributed by atoms with van der Waals surface area (Å²) in [6.07, 6.45) is 0. The number of carbonyl (C=O) groups excluding carboxylic acids is 3. The highest BCUT2D eigenvalue weighted by Gasteiger charge is 2.18. The number of esters is 1. The van der Waals surface area contributed by atoms with Crippen LogP contribution in [0.25, 0.3) is 16.7 Å². The fourth-order valence-corrected chi connectivity index (χ4v) is 3.63. The van der Waals surface area contributed by atoms with Crippen LogP contribution in [0.2, 0.25) is 0 Å². The Morgan fingerprint density at radius 1 is 0.886 bits per heavy atom. The summed E-state index contributed by atoms with van der Waals surface area (Å²) in [5.41, 5.74) is 2.63. The number of aryl methyl sites for hydroxylation is 3. The van der Waals surface area contributed by atoms with E-state index in [0.717, 1.165) is 22.2 Å². The third-order valence-electron chi connectivity index (χ3n) is 5.01. The molecule has 178 valence electrons. The topological polar surface area (TPSA) is 128 Å². The van der Waals surface area contributed by atoms with E-state index in [1.54, 1.807) is 25.1 Å². The maximum atomic E-state index is 12.8. The number of carbonyl (C=O) groups is 3. The molecule has 2 N–H and O–H groups in total. The predicted molar refractivity (Wildman–Crippen MR) is 131 cm³/mol. The fraction of sp³-hybridized carbons (Fsp3) is 0.200. The van der Waals surface area contributed by atoms with Crippen LogP contribution in [-0.2, 0) is 14.3 Å². The number of aromatic nitrogens is 4. The van der Waals surface area contributed by atoms with Crippen molar-refractivity contribution in [2.24, 2.45) is 0 Å². The van der Waals surface area contributed by atoms with Crippen LogP contribution >= 0.6 is 0 Å². The molecule has 0 aliphatic carbocycles. The van der Waals surface area contributed by atoms with Crippen molar-refractivity contribution >= 4 is 40.1 Å². The van der Waals surface area contributed by atoms with Crippen molar-refractivity contribution in [3.8, 4) is 5.95 Å². The minimum Gasteiger partial charge on any atom is -0.452 e. The molecule has 2 aromatic heterocycles. The van der Waals surface area contributed by atoms with Gasteiger partial charge in [0, 0.05) is 24.4 Å². The summed E-state index contributed by atoms with van der Waals surface area (Å²) in [4.78, 5) is 45.8. The highest BCUT2D eigenvalue weighted by molar-refractivity contribution is 6.06. The highest BCUT2D eigenvalue weighted by atomic mass is 16.5. The van der Waals surface area contributed by atoms with Crippen LogP contribution in [0.4, 0.5) is 11.5 Å². The number of amides is 2. The van der Waals surface area contributed by atoms with Crippen molar-refractivity contribution in [2.75, 3.05) is 17.2 Å². The van der Waals surface area contributed by atoms with Gasteiger partial charge in [-0.2, -0.15) is 9.78 Å². The SMILES string of the molecule is CC(=O)Nc1cc2ccccc2cc1C(=O)OCC(=O)Nc1cc(C)nn1-c1nc(C)cc(C)n1. The molecule has 0 fully saturated rings. The van der Waals surface area contributed by atoms with Gasteiger partial charge in [0.25, 0.3) is 11.9 Å². The Balaban J connectivity index is 1.51. The molecule has 0 bridgehead atoms.